The van der Waals surface area contributed by atoms with Gasteiger partial charge in [-0.2, -0.15) is 5.26 Å². The molecule has 2 atom stereocenters. The molecule has 23 heavy (non-hydrogen) atoms. The third-order valence-electron chi connectivity index (χ3n) is 3.95. The molecule has 2 unspecified atom stereocenters. The SMILES string of the molecule is CC(c1cc(F)ccc1F)N(C)CC(O)c1ccc(C#N)cc1. The summed E-state index contributed by atoms with van der Waals surface area (Å²) in [6.45, 7) is 2.01. The molecule has 0 saturated carbocycles. The number of benzene rings is 2. The number of halogens is 2. The number of hydrogen-bond acceptors (Lipinski definition) is 3. The number of aliphatic hydroxyl groups is 1. The molecule has 0 aliphatic heterocycles. The number of nitriles is 1. The van der Waals surface area contributed by atoms with Crippen LogP contribution in [0.3, 0.4) is 0 Å². The summed E-state index contributed by atoms with van der Waals surface area (Å²) in [6.07, 6.45) is -0.785. The normalized spacial score (nSPS) is 13.6. The van der Waals surface area contributed by atoms with Gasteiger partial charge in [-0.15, -0.1) is 0 Å². The van der Waals surface area contributed by atoms with E-state index in [0.29, 0.717) is 11.1 Å². The number of likely N-dealkylation sites (N-methyl/N-ethyl adjacent to an activating group) is 1. The second-order valence-corrected chi connectivity index (χ2v) is 5.53. The summed E-state index contributed by atoms with van der Waals surface area (Å²) >= 11 is 0. The highest BCUT2D eigenvalue weighted by atomic mass is 19.1. The standard InChI is InChI=1S/C18H18F2N2O/c1-12(16-9-15(19)7-8-17(16)20)22(2)11-18(23)14-5-3-13(10-21)4-6-14/h3-9,12,18,23H,11H2,1-2H3. The van der Waals surface area contributed by atoms with Crippen LogP contribution in [0.5, 0.6) is 0 Å². The Morgan fingerprint density at radius 3 is 2.43 bits per heavy atom. The van der Waals surface area contributed by atoms with Crippen LogP contribution >= 0.6 is 0 Å². The lowest BCUT2D eigenvalue weighted by atomic mass is 10.0. The fraction of sp³-hybridized carbons (Fsp3) is 0.278. The monoisotopic (exact) mass is 316 g/mol. The lowest BCUT2D eigenvalue weighted by Gasteiger charge is -2.27. The summed E-state index contributed by atoms with van der Waals surface area (Å²) in [5.41, 5.74) is 1.44. The molecule has 0 amide bonds. The van der Waals surface area contributed by atoms with Gasteiger partial charge in [-0.25, -0.2) is 8.78 Å². The van der Waals surface area contributed by atoms with Crippen LogP contribution in [0.25, 0.3) is 0 Å². The fourth-order valence-corrected chi connectivity index (χ4v) is 2.39. The third-order valence-corrected chi connectivity index (χ3v) is 3.95. The fourth-order valence-electron chi connectivity index (χ4n) is 2.39. The quantitative estimate of drug-likeness (QED) is 0.917. The molecule has 3 nitrogen and oxygen atoms in total. The highest BCUT2D eigenvalue weighted by Crippen LogP contribution is 2.25. The Balaban J connectivity index is 2.09. The van der Waals surface area contributed by atoms with Crippen LogP contribution in [0.4, 0.5) is 8.78 Å². The van der Waals surface area contributed by atoms with Gasteiger partial charge in [0.05, 0.1) is 17.7 Å². The Morgan fingerprint density at radius 1 is 1.17 bits per heavy atom. The summed E-state index contributed by atoms with van der Waals surface area (Å²) < 4.78 is 27.1. The van der Waals surface area contributed by atoms with Crippen molar-refractivity contribution >= 4 is 0 Å². The van der Waals surface area contributed by atoms with Crippen molar-refractivity contribution in [3.8, 4) is 6.07 Å². The molecule has 120 valence electrons. The van der Waals surface area contributed by atoms with Crippen molar-refractivity contribution < 1.29 is 13.9 Å². The largest absolute Gasteiger partial charge is 0.387 e. The van der Waals surface area contributed by atoms with Crippen LogP contribution in [0.2, 0.25) is 0 Å². The number of hydrogen-bond donors (Lipinski definition) is 1. The molecule has 1 N–H and O–H groups in total. The molecule has 0 aliphatic carbocycles. The molecule has 5 heteroatoms. The smallest absolute Gasteiger partial charge is 0.128 e. The van der Waals surface area contributed by atoms with Crippen molar-refractivity contribution in [2.75, 3.05) is 13.6 Å². The zero-order chi connectivity index (χ0) is 17.0. The molecule has 2 rings (SSSR count). The van der Waals surface area contributed by atoms with Crippen molar-refractivity contribution in [1.82, 2.24) is 4.90 Å². The summed E-state index contributed by atoms with van der Waals surface area (Å²) in [5, 5.41) is 19.1. The first kappa shape index (κ1) is 17.1. The van der Waals surface area contributed by atoms with Crippen LogP contribution < -0.4 is 0 Å². The molecule has 0 saturated heterocycles. The number of nitrogens with zero attached hydrogens (tertiary/aromatic N) is 2. The minimum absolute atomic E-state index is 0.250. The summed E-state index contributed by atoms with van der Waals surface area (Å²) in [5.74, 6) is -0.965. The molecular formula is C18H18F2N2O. The lowest BCUT2D eigenvalue weighted by molar-refractivity contribution is 0.107. The van der Waals surface area contributed by atoms with Crippen LogP contribution in [0.1, 0.15) is 35.8 Å². The Morgan fingerprint density at radius 2 is 1.83 bits per heavy atom. The van der Waals surface area contributed by atoms with Gasteiger partial charge < -0.3 is 5.11 Å². The van der Waals surface area contributed by atoms with Gasteiger partial charge in [0.2, 0.25) is 0 Å². The molecule has 0 aliphatic rings. The third kappa shape index (κ3) is 4.13. The maximum atomic E-state index is 13.8. The van der Waals surface area contributed by atoms with E-state index < -0.39 is 23.8 Å². The number of rotatable bonds is 5. The van der Waals surface area contributed by atoms with Gasteiger partial charge in [0.1, 0.15) is 11.6 Å². The van der Waals surface area contributed by atoms with Gasteiger partial charge in [-0.1, -0.05) is 12.1 Å². The van der Waals surface area contributed by atoms with E-state index in [2.05, 4.69) is 0 Å². The highest BCUT2D eigenvalue weighted by Gasteiger charge is 2.19. The average Bonchev–Trinajstić information content (AvgIpc) is 2.56. The minimum Gasteiger partial charge on any atom is -0.387 e. The average molecular weight is 316 g/mol. The Hall–Kier alpha value is -2.29. The van der Waals surface area contributed by atoms with Gasteiger partial charge >= 0.3 is 0 Å². The van der Waals surface area contributed by atoms with E-state index in [4.69, 9.17) is 5.26 Å². The summed E-state index contributed by atoms with van der Waals surface area (Å²) in [6, 6.07) is 11.6. The van der Waals surface area contributed by atoms with E-state index in [1.807, 2.05) is 6.07 Å². The Labute approximate surface area is 134 Å². The van der Waals surface area contributed by atoms with Gasteiger partial charge in [0.15, 0.2) is 0 Å². The van der Waals surface area contributed by atoms with Crippen molar-refractivity contribution in [1.29, 1.82) is 5.26 Å². The molecule has 0 radical (unpaired) electrons. The molecule has 0 spiro atoms. The second-order valence-electron chi connectivity index (χ2n) is 5.53. The highest BCUT2D eigenvalue weighted by molar-refractivity contribution is 5.32. The van der Waals surface area contributed by atoms with E-state index in [0.717, 1.165) is 12.1 Å². The van der Waals surface area contributed by atoms with Gasteiger partial charge in [-0.3, -0.25) is 4.90 Å². The molecule has 0 aromatic heterocycles. The maximum absolute atomic E-state index is 13.8. The van der Waals surface area contributed by atoms with Gasteiger partial charge in [0.25, 0.3) is 0 Å². The first-order chi connectivity index (χ1) is 10.9. The first-order valence-corrected chi connectivity index (χ1v) is 7.25. The van der Waals surface area contributed by atoms with E-state index >= 15 is 0 Å². The lowest BCUT2D eigenvalue weighted by Crippen LogP contribution is -2.28. The van der Waals surface area contributed by atoms with E-state index in [9.17, 15) is 13.9 Å². The van der Waals surface area contributed by atoms with Crippen molar-refractivity contribution in [3.05, 3.63) is 70.8 Å². The van der Waals surface area contributed by atoms with Crippen LogP contribution in [-0.4, -0.2) is 23.6 Å². The predicted octanol–water partition coefficient (Wildman–Crippen LogP) is 3.56. The van der Waals surface area contributed by atoms with E-state index in [1.165, 1.54) is 6.07 Å². The molecule has 2 aromatic carbocycles. The molecule has 0 bridgehead atoms. The van der Waals surface area contributed by atoms with E-state index in [-0.39, 0.29) is 12.1 Å². The molecule has 0 heterocycles. The Kier molecular flexibility index (Phi) is 5.43. The summed E-state index contributed by atoms with van der Waals surface area (Å²) in [4.78, 5) is 1.75. The number of aliphatic hydroxyl groups excluding tert-OH is 1. The maximum Gasteiger partial charge on any atom is 0.128 e. The zero-order valence-corrected chi connectivity index (χ0v) is 13.0. The van der Waals surface area contributed by atoms with Crippen molar-refractivity contribution in [2.45, 2.75) is 19.1 Å². The topological polar surface area (TPSA) is 47.3 Å². The van der Waals surface area contributed by atoms with E-state index in [1.54, 1.807) is 43.1 Å². The van der Waals surface area contributed by atoms with Crippen LogP contribution in [-0.2, 0) is 0 Å². The van der Waals surface area contributed by atoms with Gasteiger partial charge in [-0.05, 0) is 49.9 Å². The first-order valence-electron chi connectivity index (χ1n) is 7.25. The summed E-state index contributed by atoms with van der Waals surface area (Å²) in [7, 11) is 1.74. The molecule has 0 fully saturated rings. The van der Waals surface area contributed by atoms with Crippen molar-refractivity contribution in [2.24, 2.45) is 0 Å². The zero-order valence-electron chi connectivity index (χ0n) is 13.0. The Bertz CT molecular complexity index is 710. The molecular weight excluding hydrogens is 298 g/mol. The second kappa shape index (κ2) is 7.32. The van der Waals surface area contributed by atoms with Gasteiger partial charge in [0, 0.05) is 18.2 Å². The predicted molar refractivity (Wildman–Crippen MR) is 83.5 cm³/mol. The minimum atomic E-state index is -0.785. The van der Waals surface area contributed by atoms with Crippen LogP contribution in [0, 0.1) is 23.0 Å². The molecule has 2 aromatic rings. The van der Waals surface area contributed by atoms with Crippen molar-refractivity contribution in [3.63, 3.8) is 0 Å². The van der Waals surface area contributed by atoms with Crippen LogP contribution in [0.15, 0.2) is 42.5 Å².